The summed E-state index contributed by atoms with van der Waals surface area (Å²) in [5, 5.41) is 3.38. The van der Waals surface area contributed by atoms with Crippen LogP contribution in [0.5, 0.6) is 0 Å². The minimum absolute atomic E-state index is 0.0202. The van der Waals surface area contributed by atoms with Gasteiger partial charge in [-0.15, -0.1) is 0 Å². The molecule has 0 radical (unpaired) electrons. The molecule has 2 N–H and O–H groups in total. The van der Waals surface area contributed by atoms with E-state index in [9.17, 15) is 4.79 Å². The fraction of sp³-hybridized carbons (Fsp3) is 0.600. The summed E-state index contributed by atoms with van der Waals surface area (Å²) < 4.78 is 3.24. The zero-order valence-corrected chi connectivity index (χ0v) is 21.4. The van der Waals surface area contributed by atoms with Crippen molar-refractivity contribution in [1.29, 1.82) is 0 Å². The summed E-state index contributed by atoms with van der Waals surface area (Å²) in [7, 11) is 1.39. The fourth-order valence-corrected chi connectivity index (χ4v) is 5.68. The van der Waals surface area contributed by atoms with Gasteiger partial charge < -0.3 is 10.2 Å². The van der Waals surface area contributed by atoms with Crippen LogP contribution in [0, 0.1) is 17.3 Å². The molecule has 5 nitrogen and oxygen atoms in total. The number of aromatic nitrogens is 1. The predicted octanol–water partition coefficient (Wildman–Crippen LogP) is 5.37. The van der Waals surface area contributed by atoms with Crippen LogP contribution in [-0.4, -0.2) is 36.6 Å². The zero-order valence-electron chi connectivity index (χ0n) is 19.7. The highest BCUT2D eigenvalue weighted by Crippen LogP contribution is 2.37. The molecule has 1 amide bonds. The molecule has 1 saturated heterocycles. The van der Waals surface area contributed by atoms with E-state index in [0.29, 0.717) is 12.0 Å². The van der Waals surface area contributed by atoms with Gasteiger partial charge >= 0.3 is 0 Å². The number of anilines is 1. The molecule has 0 bridgehead atoms. The number of thiol groups is 1. The molecular weight excluding hydrogens is 436 g/mol. The van der Waals surface area contributed by atoms with Gasteiger partial charge in [0.15, 0.2) is 0 Å². The van der Waals surface area contributed by atoms with Crippen molar-refractivity contribution in [3.8, 4) is 0 Å². The van der Waals surface area contributed by atoms with Gasteiger partial charge in [-0.25, -0.2) is 4.98 Å². The lowest BCUT2D eigenvalue weighted by atomic mass is 9.73. The van der Waals surface area contributed by atoms with Crippen molar-refractivity contribution in [2.45, 2.75) is 58.9 Å². The average molecular weight is 475 g/mol. The second-order valence-electron chi connectivity index (χ2n) is 10.0. The standard InChI is InChI=1S/C25H38N4OS2/c1-6-19-9-12-22(28-23(19)17(2)3)29-14-13-21(25(4,5)16-29)24(30)27-20-10-7-18(8-11-20)15-26-32-31/h6,9,12,18,20-21,26,31H,1-2,7-8,10-11,13-16H2,3-5H3,(H,27,30). The first-order valence-corrected chi connectivity index (χ1v) is 13.5. The number of nitrogens with one attached hydrogen (secondary N) is 2. The predicted molar refractivity (Wildman–Crippen MR) is 142 cm³/mol. The fourth-order valence-electron chi connectivity index (χ4n) is 5.15. The number of piperidine rings is 1. The van der Waals surface area contributed by atoms with Crippen molar-refractivity contribution in [2.24, 2.45) is 17.3 Å². The van der Waals surface area contributed by atoms with Crippen LogP contribution < -0.4 is 14.9 Å². The molecule has 0 spiro atoms. The summed E-state index contributed by atoms with van der Waals surface area (Å²) in [6, 6.07) is 4.42. The Kier molecular flexibility index (Phi) is 8.75. The summed E-state index contributed by atoms with van der Waals surface area (Å²) in [5.74, 6) is 1.88. The zero-order chi connectivity index (χ0) is 23.3. The molecule has 2 heterocycles. The third-order valence-electron chi connectivity index (χ3n) is 7.04. The lowest BCUT2D eigenvalue weighted by Gasteiger charge is -2.44. The molecular formula is C25H38N4OS2. The van der Waals surface area contributed by atoms with Gasteiger partial charge in [0, 0.05) is 31.6 Å². The molecule has 2 fully saturated rings. The molecule has 3 rings (SSSR count). The molecule has 7 heteroatoms. The lowest BCUT2D eigenvalue weighted by Crippen LogP contribution is -2.53. The maximum absolute atomic E-state index is 13.2. The van der Waals surface area contributed by atoms with E-state index in [2.05, 4.69) is 65.7 Å². The Morgan fingerprint density at radius 2 is 2.03 bits per heavy atom. The van der Waals surface area contributed by atoms with Crippen molar-refractivity contribution in [3.63, 3.8) is 0 Å². The summed E-state index contributed by atoms with van der Waals surface area (Å²) in [6.45, 7) is 17.0. The number of hydrogen-bond acceptors (Lipinski definition) is 6. The first kappa shape index (κ1) is 25.2. The maximum atomic E-state index is 13.2. The Labute approximate surface area is 202 Å². The van der Waals surface area contributed by atoms with Gasteiger partial charge in [0.05, 0.1) is 5.69 Å². The van der Waals surface area contributed by atoms with Gasteiger partial charge in [-0.2, -0.15) is 0 Å². The molecule has 1 aliphatic heterocycles. The van der Waals surface area contributed by atoms with Gasteiger partial charge in [-0.05, 0) is 84.6 Å². The smallest absolute Gasteiger partial charge is 0.224 e. The summed E-state index contributed by atoms with van der Waals surface area (Å²) in [5.41, 5.74) is 2.71. The Morgan fingerprint density at radius 3 is 2.62 bits per heavy atom. The van der Waals surface area contributed by atoms with Crippen LogP contribution in [0.2, 0.25) is 0 Å². The van der Waals surface area contributed by atoms with E-state index >= 15 is 0 Å². The highest BCUT2D eigenvalue weighted by atomic mass is 33.1. The van der Waals surface area contributed by atoms with E-state index in [1.807, 2.05) is 13.0 Å². The number of allylic oxidation sites excluding steroid dienone is 1. The molecule has 176 valence electrons. The summed E-state index contributed by atoms with van der Waals surface area (Å²) >= 11 is 4.14. The number of carbonyl (C=O) groups is 1. The molecule has 1 saturated carbocycles. The van der Waals surface area contributed by atoms with Gasteiger partial charge in [0.25, 0.3) is 0 Å². The number of rotatable bonds is 8. The molecule has 0 aromatic carbocycles. The highest BCUT2D eigenvalue weighted by Gasteiger charge is 2.41. The van der Waals surface area contributed by atoms with Crippen molar-refractivity contribution in [3.05, 3.63) is 36.5 Å². The van der Waals surface area contributed by atoms with Gasteiger partial charge in [0.1, 0.15) is 5.82 Å². The number of carbonyl (C=O) groups excluding carboxylic acids is 1. The number of nitrogens with zero attached hydrogens (tertiary/aromatic N) is 2. The lowest BCUT2D eigenvalue weighted by molar-refractivity contribution is -0.130. The van der Waals surface area contributed by atoms with Gasteiger partial charge in [-0.1, -0.05) is 44.7 Å². The van der Waals surface area contributed by atoms with Crippen molar-refractivity contribution in [2.75, 3.05) is 24.5 Å². The van der Waals surface area contributed by atoms with Crippen LogP contribution >= 0.6 is 22.6 Å². The van der Waals surface area contributed by atoms with E-state index in [1.165, 1.54) is 11.0 Å². The van der Waals surface area contributed by atoms with E-state index in [-0.39, 0.29) is 17.2 Å². The SMILES string of the molecule is C=Cc1ccc(N2CCC(C(=O)NC3CCC(CNSS)CC3)C(C)(C)C2)nc1C(=C)C. The molecule has 1 aliphatic carbocycles. The normalized spacial score (nSPS) is 25.2. The topological polar surface area (TPSA) is 57.3 Å². The first-order chi connectivity index (χ1) is 15.2. The monoisotopic (exact) mass is 474 g/mol. The van der Waals surface area contributed by atoms with Crippen molar-refractivity contribution in [1.82, 2.24) is 15.0 Å². The van der Waals surface area contributed by atoms with Crippen LogP contribution in [0.25, 0.3) is 11.6 Å². The maximum Gasteiger partial charge on any atom is 0.224 e. The molecule has 1 atom stereocenters. The Bertz CT molecular complexity index is 833. The molecule has 32 heavy (non-hydrogen) atoms. The third kappa shape index (κ3) is 6.12. The van der Waals surface area contributed by atoms with Crippen molar-refractivity contribution < 1.29 is 4.79 Å². The highest BCUT2D eigenvalue weighted by molar-refractivity contribution is 8.67. The van der Waals surface area contributed by atoms with Gasteiger partial charge in [-0.3, -0.25) is 9.52 Å². The third-order valence-corrected chi connectivity index (χ3v) is 7.72. The Hall–Kier alpha value is -1.44. The van der Waals surface area contributed by atoms with E-state index in [4.69, 9.17) is 4.98 Å². The summed E-state index contributed by atoms with van der Waals surface area (Å²) in [4.78, 5) is 20.4. The minimum atomic E-state index is -0.130. The first-order valence-electron chi connectivity index (χ1n) is 11.6. The van der Waals surface area contributed by atoms with Crippen LogP contribution in [-0.2, 0) is 4.79 Å². The quantitative estimate of drug-likeness (QED) is 0.269. The van der Waals surface area contributed by atoms with E-state index < -0.39 is 0 Å². The number of pyridine rings is 1. The summed E-state index contributed by atoms with van der Waals surface area (Å²) in [6.07, 6.45) is 7.11. The van der Waals surface area contributed by atoms with E-state index in [1.54, 1.807) is 0 Å². The second kappa shape index (κ2) is 11.1. The van der Waals surface area contributed by atoms with Gasteiger partial charge in [0.2, 0.25) is 5.91 Å². The number of hydrogen-bond donors (Lipinski definition) is 3. The largest absolute Gasteiger partial charge is 0.356 e. The van der Waals surface area contributed by atoms with E-state index in [0.717, 1.165) is 74.4 Å². The molecule has 2 aliphatic rings. The average Bonchev–Trinajstić information content (AvgIpc) is 2.77. The molecule has 1 aromatic rings. The number of amides is 1. The minimum Gasteiger partial charge on any atom is -0.356 e. The van der Waals surface area contributed by atoms with Crippen LogP contribution in [0.15, 0.2) is 25.3 Å². The van der Waals surface area contributed by atoms with Crippen LogP contribution in [0.3, 0.4) is 0 Å². The molecule has 1 aromatic heterocycles. The Balaban J connectivity index is 1.59. The second-order valence-corrected chi connectivity index (χ2v) is 11.0. The van der Waals surface area contributed by atoms with Crippen LogP contribution in [0.4, 0.5) is 5.82 Å². The van der Waals surface area contributed by atoms with Crippen LogP contribution in [0.1, 0.15) is 64.1 Å². The Morgan fingerprint density at radius 1 is 1.31 bits per heavy atom. The molecule has 1 unspecified atom stereocenters. The van der Waals surface area contributed by atoms with Crippen molar-refractivity contribution >= 4 is 46.0 Å².